The first kappa shape index (κ1) is 21.3. The van der Waals surface area contributed by atoms with Crippen molar-refractivity contribution in [2.45, 2.75) is 19.8 Å². The molecule has 1 aliphatic heterocycles. The van der Waals surface area contributed by atoms with Crippen LogP contribution in [-0.4, -0.2) is 66.3 Å². The predicted molar refractivity (Wildman–Crippen MR) is 112 cm³/mol. The third-order valence-electron chi connectivity index (χ3n) is 5.05. The Balaban J connectivity index is 1.40. The molecule has 0 radical (unpaired) electrons. The van der Waals surface area contributed by atoms with Gasteiger partial charge in [0.05, 0.1) is 6.42 Å². The molecule has 1 heterocycles. The molecule has 30 heavy (non-hydrogen) atoms. The van der Waals surface area contributed by atoms with Gasteiger partial charge in [0, 0.05) is 50.6 Å². The highest BCUT2D eigenvalue weighted by Crippen LogP contribution is 2.22. The molecule has 2 aromatic carbocycles. The number of benzene rings is 2. The zero-order valence-corrected chi connectivity index (χ0v) is 16.9. The molecule has 0 aliphatic carbocycles. The van der Waals surface area contributed by atoms with Gasteiger partial charge in [-0.25, -0.2) is 0 Å². The summed E-state index contributed by atoms with van der Waals surface area (Å²) in [5, 5.41) is 4.64. The maximum atomic E-state index is 12.2. The van der Waals surface area contributed by atoms with Crippen LogP contribution in [0.4, 0.5) is 5.69 Å². The number of amides is 3. The Labute approximate surface area is 174 Å². The first-order valence-corrected chi connectivity index (χ1v) is 9.90. The van der Waals surface area contributed by atoms with Gasteiger partial charge in [-0.15, -0.1) is 0 Å². The van der Waals surface area contributed by atoms with Crippen molar-refractivity contribution in [3.05, 3.63) is 42.5 Å². The third-order valence-corrected chi connectivity index (χ3v) is 5.05. The van der Waals surface area contributed by atoms with E-state index in [1.807, 2.05) is 36.4 Å². The molecule has 158 valence electrons. The normalized spacial score (nSPS) is 13.8. The number of carbonyl (C=O) groups is 4. The van der Waals surface area contributed by atoms with Gasteiger partial charge < -0.3 is 19.9 Å². The quantitative estimate of drug-likeness (QED) is 0.731. The van der Waals surface area contributed by atoms with Crippen molar-refractivity contribution in [1.82, 2.24) is 9.80 Å². The van der Waals surface area contributed by atoms with E-state index >= 15 is 0 Å². The number of ether oxygens (including phenoxy) is 1. The van der Waals surface area contributed by atoms with Crippen LogP contribution in [0.5, 0.6) is 0 Å². The summed E-state index contributed by atoms with van der Waals surface area (Å²) in [6, 6.07) is 13.2. The molecule has 0 bridgehead atoms. The number of piperazine rings is 1. The maximum Gasteiger partial charge on any atom is 0.306 e. The van der Waals surface area contributed by atoms with Gasteiger partial charge in [0.1, 0.15) is 0 Å². The smallest absolute Gasteiger partial charge is 0.306 e. The molecule has 1 N–H and O–H groups in total. The van der Waals surface area contributed by atoms with Gasteiger partial charge in [-0.2, -0.15) is 0 Å². The van der Waals surface area contributed by atoms with Gasteiger partial charge in [-0.1, -0.05) is 36.4 Å². The molecule has 3 amide bonds. The lowest BCUT2D eigenvalue weighted by Crippen LogP contribution is -2.50. The SMILES string of the molecule is CC(=O)N1CCN(C(=O)CCC(=O)OCC(=O)Nc2cccc3ccccc23)CC1. The van der Waals surface area contributed by atoms with E-state index in [4.69, 9.17) is 4.74 Å². The summed E-state index contributed by atoms with van der Waals surface area (Å²) >= 11 is 0. The van der Waals surface area contributed by atoms with Crippen molar-refractivity contribution >= 4 is 40.2 Å². The summed E-state index contributed by atoms with van der Waals surface area (Å²) in [5.74, 6) is -1.20. The Morgan fingerprint density at radius 3 is 2.30 bits per heavy atom. The highest BCUT2D eigenvalue weighted by molar-refractivity contribution is 6.02. The lowest BCUT2D eigenvalue weighted by atomic mass is 10.1. The minimum absolute atomic E-state index is 0.00699. The van der Waals surface area contributed by atoms with Crippen LogP contribution in [0.15, 0.2) is 42.5 Å². The van der Waals surface area contributed by atoms with Crippen LogP contribution in [0.3, 0.4) is 0 Å². The molecule has 0 aromatic heterocycles. The molecule has 0 unspecified atom stereocenters. The number of carbonyl (C=O) groups excluding carboxylic acids is 4. The van der Waals surface area contributed by atoms with Crippen molar-refractivity contribution in [3.63, 3.8) is 0 Å². The number of fused-ring (bicyclic) bond motifs is 1. The summed E-state index contributed by atoms with van der Waals surface area (Å²) in [6.07, 6.45) is -0.0723. The maximum absolute atomic E-state index is 12.2. The van der Waals surface area contributed by atoms with Crippen LogP contribution in [-0.2, 0) is 23.9 Å². The summed E-state index contributed by atoms with van der Waals surface area (Å²) in [7, 11) is 0. The summed E-state index contributed by atoms with van der Waals surface area (Å²) in [5.41, 5.74) is 0.647. The lowest BCUT2D eigenvalue weighted by Gasteiger charge is -2.34. The molecule has 1 aliphatic rings. The molecule has 0 atom stereocenters. The molecule has 8 nitrogen and oxygen atoms in total. The molecule has 0 saturated carbocycles. The van der Waals surface area contributed by atoms with Crippen LogP contribution in [0, 0.1) is 0 Å². The topological polar surface area (TPSA) is 96.0 Å². The van der Waals surface area contributed by atoms with Gasteiger partial charge in [0.25, 0.3) is 5.91 Å². The van der Waals surface area contributed by atoms with E-state index in [1.165, 1.54) is 6.92 Å². The van der Waals surface area contributed by atoms with E-state index in [0.717, 1.165) is 10.8 Å². The Hall–Kier alpha value is -3.42. The van der Waals surface area contributed by atoms with E-state index in [1.54, 1.807) is 15.9 Å². The van der Waals surface area contributed by atoms with E-state index < -0.39 is 18.5 Å². The van der Waals surface area contributed by atoms with Crippen molar-refractivity contribution in [2.24, 2.45) is 0 Å². The monoisotopic (exact) mass is 411 g/mol. The van der Waals surface area contributed by atoms with Gasteiger partial charge in [-0.05, 0) is 11.5 Å². The number of esters is 1. The number of nitrogens with one attached hydrogen (secondary N) is 1. The number of nitrogens with zero attached hydrogens (tertiary/aromatic N) is 2. The Kier molecular flexibility index (Phi) is 7.00. The summed E-state index contributed by atoms with van der Waals surface area (Å²) in [6.45, 7) is 3.01. The molecule has 3 rings (SSSR count). The Bertz CT molecular complexity index is 945. The fourth-order valence-corrected chi connectivity index (χ4v) is 3.38. The number of hydrogen-bond acceptors (Lipinski definition) is 5. The van der Waals surface area contributed by atoms with Crippen LogP contribution < -0.4 is 5.32 Å². The number of anilines is 1. The Morgan fingerprint density at radius 1 is 0.900 bits per heavy atom. The minimum atomic E-state index is -0.598. The summed E-state index contributed by atoms with van der Waals surface area (Å²) < 4.78 is 5.00. The fourth-order valence-electron chi connectivity index (χ4n) is 3.38. The fraction of sp³-hybridized carbons (Fsp3) is 0.364. The van der Waals surface area contributed by atoms with E-state index in [2.05, 4.69) is 5.32 Å². The van der Waals surface area contributed by atoms with Crippen molar-refractivity contribution < 1.29 is 23.9 Å². The second-order valence-corrected chi connectivity index (χ2v) is 7.12. The molecule has 2 aromatic rings. The minimum Gasteiger partial charge on any atom is -0.456 e. The first-order chi connectivity index (χ1) is 14.4. The second kappa shape index (κ2) is 9.87. The van der Waals surface area contributed by atoms with E-state index in [9.17, 15) is 19.2 Å². The van der Waals surface area contributed by atoms with E-state index in [0.29, 0.717) is 31.9 Å². The largest absolute Gasteiger partial charge is 0.456 e. The zero-order valence-electron chi connectivity index (χ0n) is 16.9. The second-order valence-electron chi connectivity index (χ2n) is 7.12. The van der Waals surface area contributed by atoms with Crippen molar-refractivity contribution in [2.75, 3.05) is 38.1 Å². The molecular formula is C22H25N3O5. The highest BCUT2D eigenvalue weighted by atomic mass is 16.5. The third kappa shape index (κ3) is 5.56. The molecule has 1 saturated heterocycles. The van der Waals surface area contributed by atoms with E-state index in [-0.39, 0.29) is 24.7 Å². The molecular weight excluding hydrogens is 386 g/mol. The lowest BCUT2D eigenvalue weighted by molar-refractivity contribution is -0.149. The predicted octanol–water partition coefficient (Wildman–Crippen LogP) is 1.79. The van der Waals surface area contributed by atoms with Crippen LogP contribution in [0.1, 0.15) is 19.8 Å². The van der Waals surface area contributed by atoms with Crippen LogP contribution >= 0.6 is 0 Å². The van der Waals surface area contributed by atoms with Crippen molar-refractivity contribution in [1.29, 1.82) is 0 Å². The van der Waals surface area contributed by atoms with Crippen molar-refractivity contribution in [3.8, 4) is 0 Å². The average Bonchev–Trinajstić information content (AvgIpc) is 2.76. The summed E-state index contributed by atoms with van der Waals surface area (Å²) in [4.78, 5) is 50.9. The number of rotatable bonds is 6. The molecule has 0 spiro atoms. The average molecular weight is 411 g/mol. The first-order valence-electron chi connectivity index (χ1n) is 9.90. The van der Waals surface area contributed by atoms with Gasteiger partial charge in [-0.3, -0.25) is 19.2 Å². The Morgan fingerprint density at radius 2 is 1.57 bits per heavy atom. The highest BCUT2D eigenvalue weighted by Gasteiger charge is 2.22. The standard InChI is InChI=1S/C22H25N3O5/c1-16(26)24-11-13-25(14-12-24)21(28)9-10-22(29)30-15-20(27)23-19-8-4-6-17-5-2-3-7-18(17)19/h2-8H,9-15H2,1H3,(H,23,27). The number of hydrogen-bond donors (Lipinski definition) is 1. The van der Waals surface area contributed by atoms with Gasteiger partial charge in [0.15, 0.2) is 6.61 Å². The zero-order chi connectivity index (χ0) is 21.5. The molecule has 8 heteroatoms. The van der Waals surface area contributed by atoms with Crippen LogP contribution in [0.25, 0.3) is 10.8 Å². The van der Waals surface area contributed by atoms with Gasteiger partial charge >= 0.3 is 5.97 Å². The van der Waals surface area contributed by atoms with Crippen LogP contribution in [0.2, 0.25) is 0 Å². The molecule has 1 fully saturated rings. The van der Waals surface area contributed by atoms with Gasteiger partial charge in [0.2, 0.25) is 11.8 Å².